The van der Waals surface area contributed by atoms with Gasteiger partial charge in [0.25, 0.3) is 0 Å². The Balaban J connectivity index is 2.53. The quantitative estimate of drug-likeness (QED) is 0.705. The van der Waals surface area contributed by atoms with Crippen LogP contribution in [0.5, 0.6) is 0 Å². The van der Waals surface area contributed by atoms with Gasteiger partial charge in [-0.1, -0.05) is 25.1 Å². The molecule has 1 unspecified atom stereocenters. The third-order valence-electron chi connectivity index (χ3n) is 2.54. The molecule has 0 bridgehead atoms. The summed E-state index contributed by atoms with van der Waals surface area (Å²) in [5.41, 5.74) is 0.997. The predicted octanol–water partition coefficient (Wildman–Crippen LogP) is 1.20. The Bertz CT molecular complexity index is 505. The molecule has 110 valence electrons. The molecule has 0 radical (unpaired) electrons. The summed E-state index contributed by atoms with van der Waals surface area (Å²) in [7, 11) is -0.922. The summed E-state index contributed by atoms with van der Waals surface area (Å²) in [4.78, 5) is 22.4. The van der Waals surface area contributed by atoms with Crippen LogP contribution >= 0.6 is 0 Å². The number of carboxylic acids is 1. The van der Waals surface area contributed by atoms with Gasteiger partial charge in [0.2, 0.25) is 0 Å². The molecule has 7 heteroatoms. The van der Waals surface area contributed by atoms with Gasteiger partial charge in [0.15, 0.2) is 0 Å². The van der Waals surface area contributed by atoms with Crippen LogP contribution in [0.4, 0.5) is 10.5 Å². The Morgan fingerprint density at radius 2 is 2.00 bits per heavy atom. The van der Waals surface area contributed by atoms with E-state index in [1.54, 1.807) is 24.3 Å². The van der Waals surface area contributed by atoms with Gasteiger partial charge in [-0.15, -0.1) is 0 Å². The number of anilines is 1. The van der Waals surface area contributed by atoms with Crippen molar-refractivity contribution in [3.8, 4) is 0 Å². The standard InChI is InChI=1S/C13H18N2O4S/c1-2-20(19)8-7-14-13(18)15-11-6-4-3-5-10(11)9-12(16)17/h3-6H,2,7-9H2,1H3,(H,16,17)(H2,14,15,18). The third-order valence-corrected chi connectivity index (χ3v) is 3.85. The Morgan fingerprint density at radius 3 is 2.65 bits per heavy atom. The highest BCUT2D eigenvalue weighted by molar-refractivity contribution is 7.84. The van der Waals surface area contributed by atoms with Crippen molar-refractivity contribution in [3.63, 3.8) is 0 Å². The van der Waals surface area contributed by atoms with Crippen LogP contribution in [-0.4, -0.2) is 39.4 Å². The normalized spacial score (nSPS) is 11.7. The van der Waals surface area contributed by atoms with Crippen molar-refractivity contribution in [2.24, 2.45) is 0 Å². The highest BCUT2D eigenvalue weighted by Crippen LogP contribution is 2.15. The van der Waals surface area contributed by atoms with Gasteiger partial charge in [-0.3, -0.25) is 9.00 Å². The van der Waals surface area contributed by atoms with Crippen molar-refractivity contribution in [1.29, 1.82) is 0 Å². The molecular formula is C13H18N2O4S. The molecule has 0 aromatic heterocycles. The first-order chi connectivity index (χ1) is 9.52. The Hall–Kier alpha value is -1.89. The highest BCUT2D eigenvalue weighted by Gasteiger charge is 2.09. The van der Waals surface area contributed by atoms with Gasteiger partial charge in [-0.25, -0.2) is 4.79 Å². The summed E-state index contributed by atoms with van der Waals surface area (Å²) in [5.74, 6) is 0.00354. The van der Waals surface area contributed by atoms with Gasteiger partial charge in [0.05, 0.1) is 6.42 Å². The number of rotatable bonds is 7. The summed E-state index contributed by atoms with van der Waals surface area (Å²) < 4.78 is 11.2. The number of aliphatic carboxylic acids is 1. The number of carbonyl (C=O) groups is 2. The van der Waals surface area contributed by atoms with E-state index in [2.05, 4.69) is 10.6 Å². The van der Waals surface area contributed by atoms with Gasteiger partial charge in [0.1, 0.15) is 0 Å². The number of urea groups is 1. The Labute approximate surface area is 120 Å². The van der Waals surface area contributed by atoms with Gasteiger partial charge in [-0.05, 0) is 11.6 Å². The lowest BCUT2D eigenvalue weighted by atomic mass is 10.1. The van der Waals surface area contributed by atoms with E-state index in [0.717, 1.165) is 0 Å². The molecule has 20 heavy (non-hydrogen) atoms. The summed E-state index contributed by atoms with van der Waals surface area (Å²) in [5, 5.41) is 14.0. The lowest BCUT2D eigenvalue weighted by Crippen LogP contribution is -2.32. The minimum atomic E-state index is -0.960. The number of hydrogen-bond acceptors (Lipinski definition) is 3. The van der Waals surface area contributed by atoms with Crippen LogP contribution in [0.15, 0.2) is 24.3 Å². The first-order valence-corrected chi connectivity index (χ1v) is 7.71. The molecular weight excluding hydrogens is 280 g/mol. The molecule has 0 aliphatic rings. The summed E-state index contributed by atoms with van der Waals surface area (Å²) in [6.07, 6.45) is -0.156. The van der Waals surface area contributed by atoms with Crippen molar-refractivity contribution in [2.45, 2.75) is 13.3 Å². The summed E-state index contributed by atoms with van der Waals surface area (Å²) >= 11 is 0. The Kier molecular flexibility index (Phi) is 6.72. The number of nitrogens with one attached hydrogen (secondary N) is 2. The molecule has 0 spiro atoms. The molecule has 0 aliphatic heterocycles. The molecule has 1 rings (SSSR count). The lowest BCUT2D eigenvalue weighted by Gasteiger charge is -2.10. The summed E-state index contributed by atoms with van der Waals surface area (Å²) in [6, 6.07) is 6.28. The maximum Gasteiger partial charge on any atom is 0.319 e. The Morgan fingerprint density at radius 1 is 1.30 bits per heavy atom. The maximum absolute atomic E-state index is 11.7. The summed E-state index contributed by atoms with van der Waals surface area (Å²) in [6.45, 7) is 2.13. The fraction of sp³-hybridized carbons (Fsp3) is 0.385. The van der Waals surface area contributed by atoms with Gasteiger partial charge in [0, 0.05) is 34.5 Å². The smallest absolute Gasteiger partial charge is 0.319 e. The zero-order chi connectivity index (χ0) is 15.0. The number of para-hydroxylation sites is 1. The van der Waals surface area contributed by atoms with Crippen molar-refractivity contribution in [1.82, 2.24) is 5.32 Å². The molecule has 1 aromatic carbocycles. The van der Waals surface area contributed by atoms with E-state index in [1.807, 2.05) is 6.92 Å². The van der Waals surface area contributed by atoms with E-state index >= 15 is 0 Å². The van der Waals surface area contributed by atoms with E-state index in [4.69, 9.17) is 5.11 Å². The molecule has 0 fully saturated rings. The van der Waals surface area contributed by atoms with E-state index in [-0.39, 0.29) is 6.42 Å². The highest BCUT2D eigenvalue weighted by atomic mass is 32.2. The number of carbonyl (C=O) groups excluding carboxylic acids is 1. The van der Waals surface area contributed by atoms with E-state index in [9.17, 15) is 13.8 Å². The average Bonchev–Trinajstić information content (AvgIpc) is 2.40. The van der Waals surface area contributed by atoms with Crippen LogP contribution in [0.3, 0.4) is 0 Å². The molecule has 1 aromatic rings. The van der Waals surface area contributed by atoms with Gasteiger partial charge in [-0.2, -0.15) is 0 Å². The van der Waals surface area contributed by atoms with Crippen molar-refractivity contribution < 1.29 is 18.9 Å². The first-order valence-electron chi connectivity index (χ1n) is 6.22. The SMILES string of the molecule is CCS(=O)CCNC(=O)Nc1ccccc1CC(=O)O. The number of carboxylic acid groups (broad SMARTS) is 1. The lowest BCUT2D eigenvalue weighted by molar-refractivity contribution is -0.136. The second kappa shape index (κ2) is 8.31. The number of amides is 2. The molecule has 6 nitrogen and oxygen atoms in total. The molecule has 2 amide bonds. The van der Waals surface area contributed by atoms with Crippen molar-refractivity contribution in [2.75, 3.05) is 23.4 Å². The molecule has 0 heterocycles. The van der Waals surface area contributed by atoms with E-state index < -0.39 is 22.8 Å². The minimum Gasteiger partial charge on any atom is -0.481 e. The second-order valence-corrected chi connectivity index (χ2v) is 5.91. The maximum atomic E-state index is 11.7. The first kappa shape index (κ1) is 16.2. The third kappa shape index (κ3) is 5.83. The van der Waals surface area contributed by atoms with Crippen LogP contribution in [0.1, 0.15) is 12.5 Å². The molecule has 0 saturated carbocycles. The fourth-order valence-corrected chi connectivity index (χ4v) is 2.17. The van der Waals surface area contributed by atoms with Gasteiger partial charge < -0.3 is 15.7 Å². The monoisotopic (exact) mass is 298 g/mol. The molecule has 3 N–H and O–H groups in total. The number of hydrogen-bond donors (Lipinski definition) is 3. The molecule has 0 aliphatic carbocycles. The largest absolute Gasteiger partial charge is 0.481 e. The predicted molar refractivity (Wildman–Crippen MR) is 78.4 cm³/mol. The van der Waals surface area contributed by atoms with E-state index in [0.29, 0.717) is 29.3 Å². The topological polar surface area (TPSA) is 95.5 Å². The fourth-order valence-electron chi connectivity index (χ4n) is 1.55. The number of benzene rings is 1. The van der Waals surface area contributed by atoms with Crippen LogP contribution in [0.2, 0.25) is 0 Å². The molecule has 1 atom stereocenters. The van der Waals surface area contributed by atoms with Crippen molar-refractivity contribution >= 4 is 28.5 Å². The van der Waals surface area contributed by atoms with Crippen LogP contribution in [-0.2, 0) is 22.0 Å². The van der Waals surface area contributed by atoms with Crippen LogP contribution < -0.4 is 10.6 Å². The van der Waals surface area contributed by atoms with E-state index in [1.165, 1.54) is 0 Å². The zero-order valence-electron chi connectivity index (χ0n) is 11.2. The van der Waals surface area contributed by atoms with Gasteiger partial charge >= 0.3 is 12.0 Å². The second-order valence-electron chi connectivity index (χ2n) is 4.04. The minimum absolute atomic E-state index is 0.156. The average molecular weight is 298 g/mol. The zero-order valence-corrected chi connectivity index (χ0v) is 12.0. The molecule has 0 saturated heterocycles. The van der Waals surface area contributed by atoms with Crippen molar-refractivity contribution in [3.05, 3.63) is 29.8 Å². The van der Waals surface area contributed by atoms with Crippen LogP contribution in [0.25, 0.3) is 0 Å². The van der Waals surface area contributed by atoms with Crippen LogP contribution in [0, 0.1) is 0 Å².